The minimum Gasteiger partial charge on any atom is -0.342 e. The van der Waals surface area contributed by atoms with Crippen molar-refractivity contribution < 1.29 is 13.2 Å². The molecule has 2 aliphatic rings. The van der Waals surface area contributed by atoms with E-state index in [-0.39, 0.29) is 36.0 Å². The Kier molecular flexibility index (Phi) is 7.15. The molecular weight excluding hydrogens is 324 g/mol. The Bertz CT molecular complexity index is 469. The molecule has 1 amide bonds. The predicted molar refractivity (Wildman–Crippen MR) is 90.7 cm³/mol. The van der Waals surface area contributed by atoms with Crippen LogP contribution in [0.3, 0.4) is 0 Å². The first kappa shape index (κ1) is 19.7. The summed E-state index contributed by atoms with van der Waals surface area (Å²) < 4.78 is 22.6. The monoisotopic (exact) mass is 352 g/mol. The molecule has 130 valence electrons. The summed E-state index contributed by atoms with van der Waals surface area (Å²) in [6.07, 6.45) is 6.48. The number of amides is 1. The molecule has 2 fully saturated rings. The maximum absolute atomic E-state index is 12.7. The summed E-state index contributed by atoms with van der Waals surface area (Å²) in [6.45, 7) is 2.80. The highest BCUT2D eigenvalue weighted by Crippen LogP contribution is 2.42. The van der Waals surface area contributed by atoms with Crippen molar-refractivity contribution in [2.45, 2.75) is 45.1 Å². The lowest BCUT2D eigenvalue weighted by Gasteiger charge is -2.44. The van der Waals surface area contributed by atoms with Crippen LogP contribution in [0.15, 0.2) is 0 Å². The van der Waals surface area contributed by atoms with Crippen LogP contribution in [0, 0.1) is 17.8 Å². The smallest absolute Gasteiger partial charge is 0.225 e. The molecule has 0 aliphatic heterocycles. The van der Waals surface area contributed by atoms with Crippen LogP contribution >= 0.6 is 12.4 Å². The summed E-state index contributed by atoms with van der Waals surface area (Å²) in [4.78, 5) is 14.4. The van der Waals surface area contributed by atoms with Crippen LogP contribution in [0.1, 0.15) is 39.0 Å². The highest BCUT2D eigenvalue weighted by atomic mass is 35.5. The van der Waals surface area contributed by atoms with E-state index < -0.39 is 9.84 Å². The van der Waals surface area contributed by atoms with Crippen LogP contribution in [0.25, 0.3) is 0 Å². The Morgan fingerprint density at radius 3 is 2.23 bits per heavy atom. The van der Waals surface area contributed by atoms with Crippen molar-refractivity contribution >= 4 is 28.2 Å². The van der Waals surface area contributed by atoms with Crippen LogP contribution in [0.4, 0.5) is 0 Å². The maximum Gasteiger partial charge on any atom is 0.225 e. The van der Waals surface area contributed by atoms with Crippen LogP contribution in [0.5, 0.6) is 0 Å². The van der Waals surface area contributed by atoms with Gasteiger partial charge in [-0.2, -0.15) is 0 Å². The van der Waals surface area contributed by atoms with Gasteiger partial charge >= 0.3 is 0 Å². The van der Waals surface area contributed by atoms with Gasteiger partial charge in [0.1, 0.15) is 9.84 Å². The molecule has 2 N–H and O–H groups in total. The molecule has 0 aromatic heterocycles. The lowest BCUT2D eigenvalue weighted by molar-refractivity contribution is -0.138. The maximum atomic E-state index is 12.7. The number of carbonyl (C=O) groups is 1. The molecular formula is C15H29ClN2O3S. The highest BCUT2D eigenvalue weighted by Gasteiger charge is 2.41. The van der Waals surface area contributed by atoms with E-state index in [0.29, 0.717) is 24.9 Å². The fourth-order valence-electron chi connectivity index (χ4n) is 3.95. The summed E-state index contributed by atoms with van der Waals surface area (Å²) >= 11 is 0. The minimum absolute atomic E-state index is 0. The van der Waals surface area contributed by atoms with Crippen LogP contribution in [0.2, 0.25) is 0 Å². The quantitative estimate of drug-likeness (QED) is 0.812. The van der Waals surface area contributed by atoms with Gasteiger partial charge in [0, 0.05) is 31.3 Å². The number of hydrogen-bond donors (Lipinski definition) is 1. The number of sulfone groups is 1. The third-order valence-corrected chi connectivity index (χ3v) is 6.11. The molecule has 2 saturated carbocycles. The highest BCUT2D eigenvalue weighted by molar-refractivity contribution is 7.90. The van der Waals surface area contributed by atoms with Crippen LogP contribution in [-0.2, 0) is 14.6 Å². The summed E-state index contributed by atoms with van der Waals surface area (Å²) in [5, 5.41) is 0. The molecule has 0 aromatic rings. The summed E-state index contributed by atoms with van der Waals surface area (Å²) in [7, 11) is -3.03. The number of hydrogen-bond acceptors (Lipinski definition) is 4. The number of halogens is 1. The summed E-state index contributed by atoms with van der Waals surface area (Å²) in [6, 6.07) is 0.258. The second-order valence-electron chi connectivity index (χ2n) is 6.74. The van der Waals surface area contributed by atoms with E-state index in [4.69, 9.17) is 5.73 Å². The van der Waals surface area contributed by atoms with E-state index in [1.807, 2.05) is 6.92 Å². The van der Waals surface area contributed by atoms with Gasteiger partial charge in [-0.15, -0.1) is 12.4 Å². The van der Waals surface area contributed by atoms with Crippen molar-refractivity contribution in [2.75, 3.05) is 25.1 Å². The van der Waals surface area contributed by atoms with E-state index >= 15 is 0 Å². The van der Waals surface area contributed by atoms with Gasteiger partial charge in [-0.25, -0.2) is 8.42 Å². The second-order valence-corrected chi connectivity index (χ2v) is 9.00. The largest absolute Gasteiger partial charge is 0.342 e. The molecule has 0 heterocycles. The average Bonchev–Trinajstić information content (AvgIpc) is 2.37. The lowest BCUT2D eigenvalue weighted by atomic mass is 9.65. The van der Waals surface area contributed by atoms with Crippen LogP contribution < -0.4 is 5.73 Å². The van der Waals surface area contributed by atoms with Crippen molar-refractivity contribution in [3.63, 3.8) is 0 Å². The zero-order valence-corrected chi connectivity index (χ0v) is 15.2. The molecule has 2 rings (SSSR count). The first-order valence-electron chi connectivity index (χ1n) is 8.04. The topological polar surface area (TPSA) is 80.5 Å². The molecule has 22 heavy (non-hydrogen) atoms. The summed E-state index contributed by atoms with van der Waals surface area (Å²) in [5.41, 5.74) is 6.27. The Hall–Kier alpha value is -0.330. The molecule has 0 saturated heterocycles. The predicted octanol–water partition coefficient (Wildman–Crippen LogP) is 1.45. The number of nitrogens with zero attached hydrogens (tertiary/aromatic N) is 1. The third-order valence-electron chi connectivity index (χ3n) is 5.19. The molecule has 2 bridgehead atoms. The van der Waals surface area contributed by atoms with E-state index in [1.165, 1.54) is 12.7 Å². The van der Waals surface area contributed by atoms with Gasteiger partial charge in [-0.3, -0.25) is 4.79 Å². The number of rotatable bonds is 5. The zero-order valence-electron chi connectivity index (χ0n) is 13.5. The molecule has 0 aromatic carbocycles. The van der Waals surface area contributed by atoms with Gasteiger partial charge in [-0.1, -0.05) is 6.42 Å². The second kappa shape index (κ2) is 7.97. The van der Waals surface area contributed by atoms with Gasteiger partial charge < -0.3 is 10.6 Å². The van der Waals surface area contributed by atoms with Crippen molar-refractivity contribution in [3.05, 3.63) is 0 Å². The molecule has 5 nitrogen and oxygen atoms in total. The van der Waals surface area contributed by atoms with E-state index in [9.17, 15) is 13.2 Å². The number of carbonyl (C=O) groups excluding carboxylic acids is 1. The Morgan fingerprint density at radius 2 is 1.77 bits per heavy atom. The van der Waals surface area contributed by atoms with Gasteiger partial charge in [0.05, 0.1) is 5.75 Å². The van der Waals surface area contributed by atoms with Crippen LogP contribution in [-0.4, -0.2) is 50.4 Å². The van der Waals surface area contributed by atoms with E-state index in [1.54, 1.807) is 4.90 Å². The first-order chi connectivity index (χ1) is 9.81. The molecule has 0 radical (unpaired) electrons. The average molecular weight is 353 g/mol. The molecule has 2 unspecified atom stereocenters. The summed E-state index contributed by atoms with van der Waals surface area (Å²) in [5.74, 6) is 1.16. The zero-order chi connectivity index (χ0) is 15.6. The standard InChI is InChI=1S/C15H28N2O3S.ClH/c1-3-17(7-8-21(2,19)20)15(18)13-9-11-5-4-6-12(10-13)14(11)16;/h11-14H,3-10,16H2,1-2H3;1H. The number of fused-ring (bicyclic) bond motifs is 2. The Morgan fingerprint density at radius 1 is 1.23 bits per heavy atom. The number of nitrogens with two attached hydrogens (primary N) is 1. The Balaban J connectivity index is 0.00000242. The lowest BCUT2D eigenvalue weighted by Crippen LogP contribution is -2.50. The first-order valence-corrected chi connectivity index (χ1v) is 10.1. The normalized spacial score (nSPS) is 31.2. The van der Waals surface area contributed by atoms with Gasteiger partial charge in [0.2, 0.25) is 5.91 Å². The Labute approximate surface area is 140 Å². The fraction of sp³-hybridized carbons (Fsp3) is 0.933. The van der Waals surface area contributed by atoms with E-state index in [2.05, 4.69) is 0 Å². The van der Waals surface area contributed by atoms with Crippen molar-refractivity contribution in [1.82, 2.24) is 4.90 Å². The molecule has 2 atom stereocenters. The van der Waals surface area contributed by atoms with Gasteiger partial charge in [-0.05, 0) is 44.4 Å². The van der Waals surface area contributed by atoms with Crippen molar-refractivity contribution in [3.8, 4) is 0 Å². The van der Waals surface area contributed by atoms with Gasteiger partial charge in [0.15, 0.2) is 0 Å². The van der Waals surface area contributed by atoms with Crippen molar-refractivity contribution in [2.24, 2.45) is 23.5 Å². The van der Waals surface area contributed by atoms with Gasteiger partial charge in [0.25, 0.3) is 0 Å². The molecule has 0 spiro atoms. The fourth-order valence-corrected chi connectivity index (χ4v) is 4.50. The minimum atomic E-state index is -3.03. The third kappa shape index (κ3) is 4.83. The molecule has 7 heteroatoms. The van der Waals surface area contributed by atoms with Crippen molar-refractivity contribution in [1.29, 1.82) is 0 Å². The van der Waals surface area contributed by atoms with E-state index in [0.717, 1.165) is 25.7 Å². The SMILES string of the molecule is CCN(CCS(C)(=O)=O)C(=O)C1CC2CCCC(C1)C2N.Cl. The molecule has 2 aliphatic carbocycles.